The van der Waals surface area contributed by atoms with Crippen molar-refractivity contribution < 1.29 is 14.7 Å². The topological polar surface area (TPSA) is 103 Å². The van der Waals surface area contributed by atoms with Crippen LogP contribution in [0.3, 0.4) is 0 Å². The van der Waals surface area contributed by atoms with Crippen molar-refractivity contribution >= 4 is 33.7 Å². The second-order valence-corrected chi connectivity index (χ2v) is 7.41. The van der Waals surface area contributed by atoms with Gasteiger partial charge in [-0.3, -0.25) is 4.79 Å². The predicted octanol–water partition coefficient (Wildman–Crippen LogP) is 4.07. The molecule has 1 amide bonds. The van der Waals surface area contributed by atoms with E-state index in [9.17, 15) is 14.7 Å². The van der Waals surface area contributed by atoms with Gasteiger partial charge < -0.3 is 20.0 Å². The molecule has 0 saturated heterocycles. The number of rotatable bonds is 4. The summed E-state index contributed by atoms with van der Waals surface area (Å²) in [7, 11) is 0. The minimum Gasteiger partial charge on any atom is -0.478 e. The molecule has 7 heteroatoms. The second-order valence-electron chi connectivity index (χ2n) is 7.41. The number of imidazole rings is 1. The maximum atomic E-state index is 11.6. The molecule has 0 fully saturated rings. The Morgan fingerprint density at radius 3 is 2.42 bits per heavy atom. The highest BCUT2D eigenvalue weighted by Crippen LogP contribution is 2.35. The van der Waals surface area contributed by atoms with Gasteiger partial charge in [0.2, 0.25) is 5.91 Å². The third kappa shape index (κ3) is 2.95. The van der Waals surface area contributed by atoms with Gasteiger partial charge in [-0.2, -0.15) is 0 Å². The minimum atomic E-state index is -0.987. The van der Waals surface area contributed by atoms with Crippen LogP contribution in [-0.2, 0) is 0 Å². The van der Waals surface area contributed by atoms with Crippen molar-refractivity contribution in [3.63, 3.8) is 0 Å². The number of primary amides is 1. The van der Waals surface area contributed by atoms with Crippen LogP contribution in [0.4, 0.5) is 0 Å². The molecule has 3 N–H and O–H groups in total. The van der Waals surface area contributed by atoms with Crippen molar-refractivity contribution in [1.82, 2.24) is 14.1 Å². The maximum Gasteiger partial charge on any atom is 0.335 e. The molecular weight excluding hydrogens is 392 g/mol. The molecule has 0 spiro atoms. The summed E-state index contributed by atoms with van der Waals surface area (Å²) in [5, 5.41) is 11.4. The SMILES string of the molecule is Cc1cc(C(N)=O)ccc1-n1c2ccc(-n3ccnc3)cc2c2ccc(C(=O)O)cc21. The molecule has 7 nitrogen and oxygen atoms in total. The highest BCUT2D eigenvalue weighted by Gasteiger charge is 2.17. The monoisotopic (exact) mass is 410 g/mol. The van der Waals surface area contributed by atoms with E-state index >= 15 is 0 Å². The van der Waals surface area contributed by atoms with E-state index in [0.717, 1.165) is 38.7 Å². The molecule has 0 aliphatic heterocycles. The Balaban J connectivity index is 1.86. The van der Waals surface area contributed by atoms with Crippen LogP contribution in [0, 0.1) is 6.92 Å². The first-order valence-corrected chi connectivity index (χ1v) is 9.65. The van der Waals surface area contributed by atoms with Gasteiger partial charge in [0.15, 0.2) is 0 Å². The van der Waals surface area contributed by atoms with Gasteiger partial charge in [-0.1, -0.05) is 6.07 Å². The standard InChI is InChI=1S/C24H18N4O3/c1-14-10-15(23(25)29)3-6-20(14)28-21-7-4-17(27-9-8-26-13-27)12-19(21)18-5-2-16(24(30)31)11-22(18)28/h2-13H,1H3,(H2,25,29)(H,30,31). The molecule has 0 saturated carbocycles. The third-order valence-corrected chi connectivity index (χ3v) is 5.52. The lowest BCUT2D eigenvalue weighted by atomic mass is 10.1. The van der Waals surface area contributed by atoms with Crippen molar-refractivity contribution in [2.45, 2.75) is 6.92 Å². The Morgan fingerprint density at radius 2 is 1.74 bits per heavy atom. The number of nitrogens with two attached hydrogens (primary N) is 1. The van der Waals surface area contributed by atoms with Crippen molar-refractivity contribution in [3.05, 3.63) is 90.0 Å². The maximum absolute atomic E-state index is 11.6. The smallest absolute Gasteiger partial charge is 0.335 e. The van der Waals surface area contributed by atoms with E-state index in [1.54, 1.807) is 36.8 Å². The van der Waals surface area contributed by atoms with Gasteiger partial charge in [-0.15, -0.1) is 0 Å². The summed E-state index contributed by atoms with van der Waals surface area (Å²) in [6.45, 7) is 1.90. The number of carbonyl (C=O) groups is 2. The molecule has 2 aromatic heterocycles. The summed E-state index contributed by atoms with van der Waals surface area (Å²) >= 11 is 0. The summed E-state index contributed by atoms with van der Waals surface area (Å²) in [6, 6.07) is 16.4. The normalized spacial score (nSPS) is 11.3. The van der Waals surface area contributed by atoms with E-state index in [2.05, 4.69) is 11.1 Å². The van der Waals surface area contributed by atoms with E-state index in [-0.39, 0.29) is 5.56 Å². The zero-order valence-corrected chi connectivity index (χ0v) is 16.6. The second kappa shape index (κ2) is 6.84. The number of carbonyl (C=O) groups excluding carboxylic acids is 1. The van der Waals surface area contributed by atoms with Gasteiger partial charge >= 0.3 is 5.97 Å². The van der Waals surface area contributed by atoms with Gasteiger partial charge in [0, 0.05) is 40.1 Å². The number of amides is 1. The van der Waals surface area contributed by atoms with Crippen molar-refractivity contribution in [1.29, 1.82) is 0 Å². The number of aromatic carboxylic acids is 1. The molecule has 2 heterocycles. The number of fused-ring (bicyclic) bond motifs is 3. The van der Waals surface area contributed by atoms with Gasteiger partial charge in [0.05, 0.1) is 22.9 Å². The first-order valence-electron chi connectivity index (χ1n) is 9.65. The largest absolute Gasteiger partial charge is 0.478 e. The van der Waals surface area contributed by atoms with E-state index in [1.807, 2.05) is 46.5 Å². The molecule has 0 aliphatic carbocycles. The molecule has 0 aliphatic rings. The molecule has 0 bridgehead atoms. The van der Waals surface area contributed by atoms with Crippen molar-refractivity contribution in [2.24, 2.45) is 5.73 Å². The number of carboxylic acid groups (broad SMARTS) is 1. The number of carboxylic acids is 1. The van der Waals surface area contributed by atoms with Crippen LogP contribution in [0.2, 0.25) is 0 Å². The van der Waals surface area contributed by atoms with E-state index in [4.69, 9.17) is 5.73 Å². The quantitative estimate of drug-likeness (QED) is 0.466. The fourth-order valence-electron chi connectivity index (χ4n) is 4.03. The number of benzene rings is 3. The summed E-state index contributed by atoms with van der Waals surface area (Å²) in [5.41, 5.74) is 10.4. The molecule has 31 heavy (non-hydrogen) atoms. The Bertz CT molecular complexity index is 1500. The van der Waals surface area contributed by atoms with Gasteiger partial charge in [0.25, 0.3) is 0 Å². The summed E-state index contributed by atoms with van der Waals surface area (Å²) < 4.78 is 3.94. The van der Waals surface area contributed by atoms with Crippen LogP contribution in [0.5, 0.6) is 0 Å². The van der Waals surface area contributed by atoms with Crippen molar-refractivity contribution in [2.75, 3.05) is 0 Å². The number of hydrogen-bond acceptors (Lipinski definition) is 3. The highest BCUT2D eigenvalue weighted by molar-refractivity contribution is 6.11. The molecule has 0 atom stereocenters. The van der Waals surface area contributed by atoms with Crippen molar-refractivity contribution in [3.8, 4) is 11.4 Å². The Morgan fingerprint density at radius 1 is 0.935 bits per heavy atom. The van der Waals surface area contributed by atoms with Gasteiger partial charge in [0.1, 0.15) is 0 Å². The van der Waals surface area contributed by atoms with Crippen LogP contribution in [0.15, 0.2) is 73.3 Å². The van der Waals surface area contributed by atoms with Crippen LogP contribution in [-0.4, -0.2) is 31.1 Å². The summed E-state index contributed by atoms with van der Waals surface area (Å²) in [4.78, 5) is 27.3. The predicted molar refractivity (Wildman–Crippen MR) is 118 cm³/mol. The van der Waals surface area contributed by atoms with Gasteiger partial charge in [-0.05, 0) is 61.0 Å². The molecule has 3 aromatic carbocycles. The zero-order chi connectivity index (χ0) is 21.7. The number of aromatic nitrogens is 3. The lowest BCUT2D eigenvalue weighted by Crippen LogP contribution is -2.11. The summed E-state index contributed by atoms with van der Waals surface area (Å²) in [5.74, 6) is -1.48. The van der Waals surface area contributed by atoms with Crippen LogP contribution >= 0.6 is 0 Å². The lowest BCUT2D eigenvalue weighted by Gasteiger charge is -2.12. The van der Waals surface area contributed by atoms with Gasteiger partial charge in [-0.25, -0.2) is 9.78 Å². The zero-order valence-electron chi connectivity index (χ0n) is 16.6. The molecule has 152 valence electrons. The summed E-state index contributed by atoms with van der Waals surface area (Å²) in [6.07, 6.45) is 5.32. The molecule has 0 radical (unpaired) electrons. The van der Waals surface area contributed by atoms with E-state index in [1.165, 1.54) is 0 Å². The number of aryl methyl sites for hydroxylation is 1. The third-order valence-electron chi connectivity index (χ3n) is 5.52. The lowest BCUT2D eigenvalue weighted by molar-refractivity contribution is 0.0696. The number of nitrogens with zero attached hydrogens (tertiary/aromatic N) is 3. The molecule has 0 unspecified atom stereocenters. The van der Waals surface area contributed by atoms with Crippen LogP contribution in [0.25, 0.3) is 33.2 Å². The first kappa shape index (κ1) is 18.6. The molecular formula is C24H18N4O3. The highest BCUT2D eigenvalue weighted by atomic mass is 16.4. The Kier molecular flexibility index (Phi) is 4.11. The van der Waals surface area contributed by atoms with E-state index < -0.39 is 11.9 Å². The molecule has 5 aromatic rings. The average molecular weight is 410 g/mol. The molecule has 5 rings (SSSR count). The average Bonchev–Trinajstić information content (AvgIpc) is 3.39. The fourth-order valence-corrected chi connectivity index (χ4v) is 4.03. The van der Waals surface area contributed by atoms with E-state index in [0.29, 0.717) is 5.56 Å². The fraction of sp³-hybridized carbons (Fsp3) is 0.0417. The minimum absolute atomic E-state index is 0.206. The Labute approximate surface area is 177 Å². The Hall–Kier alpha value is -4.39. The van der Waals surface area contributed by atoms with Crippen LogP contribution in [0.1, 0.15) is 26.3 Å². The van der Waals surface area contributed by atoms with Crippen LogP contribution < -0.4 is 5.73 Å². The first-order chi connectivity index (χ1) is 14.9. The number of hydrogen-bond donors (Lipinski definition) is 2.